The molecule has 40 heavy (non-hydrogen) atoms. The molecule has 6 rings (SSSR count). The van der Waals surface area contributed by atoms with E-state index in [0.717, 1.165) is 25.0 Å². The average molecular weight is 544 g/mol. The second-order valence-electron chi connectivity index (χ2n) is 10.0. The van der Waals surface area contributed by atoms with Gasteiger partial charge in [0.1, 0.15) is 17.3 Å². The Morgan fingerprint density at radius 2 is 1.65 bits per heavy atom. The van der Waals surface area contributed by atoms with Crippen molar-refractivity contribution in [2.45, 2.75) is 37.8 Å². The highest BCUT2D eigenvalue weighted by atomic mass is 19.1. The number of hydrogen-bond donors (Lipinski definition) is 0. The topological polar surface area (TPSA) is 95.9 Å². The summed E-state index contributed by atoms with van der Waals surface area (Å²) >= 11 is 0. The van der Waals surface area contributed by atoms with Gasteiger partial charge in [-0.25, -0.2) is 28.4 Å². The van der Waals surface area contributed by atoms with Gasteiger partial charge >= 0.3 is 6.03 Å². The Balaban J connectivity index is 1.24. The molecule has 3 aliphatic rings. The molecule has 3 fully saturated rings. The average Bonchev–Trinajstić information content (AvgIpc) is 3.75. The van der Waals surface area contributed by atoms with E-state index in [1.807, 2.05) is 6.07 Å². The van der Waals surface area contributed by atoms with Crippen molar-refractivity contribution in [2.24, 2.45) is 0 Å². The largest absolute Gasteiger partial charge is 0.473 e. The van der Waals surface area contributed by atoms with E-state index in [4.69, 9.17) is 4.74 Å². The van der Waals surface area contributed by atoms with Gasteiger partial charge in [0.05, 0.1) is 18.8 Å². The third kappa shape index (κ3) is 4.51. The molecule has 1 atom stereocenters. The SMILES string of the molecule is C[C@@]12CC(=O)N(c3c(F)cc(C#Cc4ccccc4)cc3F)C(=O)N1CCN(c1cnc(OC3CC3)cn1)C2=O. The van der Waals surface area contributed by atoms with Crippen LogP contribution < -0.4 is 14.5 Å². The van der Waals surface area contributed by atoms with E-state index in [1.165, 1.54) is 29.1 Å². The van der Waals surface area contributed by atoms with Gasteiger partial charge in [-0.05, 0) is 44.0 Å². The fourth-order valence-electron chi connectivity index (χ4n) is 4.86. The number of amides is 4. The van der Waals surface area contributed by atoms with Crippen LogP contribution in [0.4, 0.5) is 25.1 Å². The molecule has 2 aliphatic heterocycles. The number of benzene rings is 2. The first-order chi connectivity index (χ1) is 19.2. The molecule has 3 aromatic rings. The molecular weight excluding hydrogens is 520 g/mol. The number of urea groups is 1. The Hall–Kier alpha value is -4.85. The minimum atomic E-state index is -1.57. The van der Waals surface area contributed by atoms with E-state index in [1.54, 1.807) is 24.3 Å². The zero-order chi connectivity index (χ0) is 28.0. The Bertz CT molecular complexity index is 1560. The zero-order valence-corrected chi connectivity index (χ0v) is 21.4. The summed E-state index contributed by atoms with van der Waals surface area (Å²) < 4.78 is 36.0. The number of halogens is 2. The number of fused-ring (bicyclic) bond motifs is 1. The van der Waals surface area contributed by atoms with Crippen molar-refractivity contribution in [1.82, 2.24) is 14.9 Å². The van der Waals surface area contributed by atoms with Gasteiger partial charge in [0.2, 0.25) is 11.8 Å². The lowest BCUT2D eigenvalue weighted by Crippen LogP contribution is -2.73. The minimum absolute atomic E-state index is 0.0106. The summed E-state index contributed by atoms with van der Waals surface area (Å²) in [5, 5.41) is 0. The van der Waals surface area contributed by atoms with Crippen molar-refractivity contribution in [1.29, 1.82) is 0 Å². The molecule has 3 heterocycles. The summed E-state index contributed by atoms with van der Waals surface area (Å²) in [6.45, 7) is 1.52. The van der Waals surface area contributed by atoms with Crippen LogP contribution in [0.25, 0.3) is 0 Å². The van der Waals surface area contributed by atoms with E-state index in [2.05, 4.69) is 21.8 Å². The lowest BCUT2D eigenvalue weighted by molar-refractivity contribution is -0.137. The Morgan fingerprint density at radius 3 is 2.30 bits per heavy atom. The van der Waals surface area contributed by atoms with Crippen molar-refractivity contribution in [3.05, 3.63) is 77.6 Å². The van der Waals surface area contributed by atoms with E-state index in [9.17, 15) is 14.4 Å². The molecule has 0 radical (unpaired) electrons. The van der Waals surface area contributed by atoms with Crippen molar-refractivity contribution in [3.8, 4) is 17.7 Å². The Labute approximate surface area is 228 Å². The van der Waals surface area contributed by atoms with Crippen molar-refractivity contribution >= 4 is 29.4 Å². The predicted octanol–water partition coefficient (Wildman–Crippen LogP) is 3.66. The van der Waals surface area contributed by atoms with Crippen LogP contribution >= 0.6 is 0 Å². The monoisotopic (exact) mass is 543 g/mol. The highest BCUT2D eigenvalue weighted by Gasteiger charge is 2.56. The fourth-order valence-corrected chi connectivity index (χ4v) is 4.86. The Morgan fingerprint density at radius 1 is 0.950 bits per heavy atom. The van der Waals surface area contributed by atoms with Crippen LogP contribution in [0.5, 0.6) is 5.88 Å². The maximum absolute atomic E-state index is 15.2. The summed E-state index contributed by atoms with van der Waals surface area (Å²) in [6.07, 6.45) is 4.41. The number of hydrogen-bond acceptors (Lipinski definition) is 6. The summed E-state index contributed by atoms with van der Waals surface area (Å²) in [4.78, 5) is 51.7. The standard InChI is InChI=1S/C29H23F2N5O4/c1-29-15-25(37)36(26-21(30)13-19(14-22(26)31)8-7-18-5-3-2-4-6-18)28(39)35(29)12-11-34(27(29)38)23-16-33-24(17-32-23)40-20-9-10-20/h2-6,13-14,16-17,20H,9-12,15H2,1H3/t29-/m0/s1. The molecule has 0 bridgehead atoms. The number of aromatic nitrogens is 2. The summed E-state index contributed by atoms with van der Waals surface area (Å²) in [5.41, 5.74) is -1.66. The third-order valence-corrected chi connectivity index (χ3v) is 7.08. The number of nitrogens with zero attached hydrogens (tertiary/aromatic N) is 5. The van der Waals surface area contributed by atoms with Gasteiger partial charge in [-0.3, -0.25) is 14.5 Å². The molecule has 0 unspecified atom stereocenters. The Kier molecular flexibility index (Phi) is 6.18. The molecule has 9 nitrogen and oxygen atoms in total. The zero-order valence-electron chi connectivity index (χ0n) is 21.4. The third-order valence-electron chi connectivity index (χ3n) is 7.08. The first kappa shape index (κ1) is 25.4. The van der Waals surface area contributed by atoms with E-state index < -0.39 is 47.1 Å². The lowest BCUT2D eigenvalue weighted by Gasteiger charge is -2.51. The van der Waals surface area contributed by atoms with Crippen LogP contribution in [0.2, 0.25) is 0 Å². The van der Waals surface area contributed by atoms with Crippen LogP contribution in [0.1, 0.15) is 37.3 Å². The van der Waals surface area contributed by atoms with Gasteiger partial charge in [0.15, 0.2) is 17.5 Å². The predicted molar refractivity (Wildman–Crippen MR) is 139 cm³/mol. The fraction of sp³-hybridized carbons (Fsp3) is 0.276. The summed E-state index contributed by atoms with van der Waals surface area (Å²) in [6, 6.07) is 9.86. The van der Waals surface area contributed by atoms with Gasteiger partial charge in [-0.2, -0.15) is 0 Å². The van der Waals surface area contributed by atoms with Gasteiger partial charge in [0.25, 0.3) is 5.91 Å². The number of anilines is 2. The molecule has 11 heteroatoms. The highest BCUT2D eigenvalue weighted by molar-refractivity contribution is 6.20. The molecule has 1 saturated carbocycles. The van der Waals surface area contributed by atoms with Crippen molar-refractivity contribution in [2.75, 3.05) is 22.9 Å². The van der Waals surface area contributed by atoms with Gasteiger partial charge in [-0.15, -0.1) is 0 Å². The number of ether oxygens (including phenoxy) is 1. The maximum atomic E-state index is 15.2. The number of carbonyl (C=O) groups excluding carboxylic acids is 3. The maximum Gasteiger partial charge on any atom is 0.332 e. The van der Waals surface area contributed by atoms with Crippen LogP contribution in [0.3, 0.4) is 0 Å². The van der Waals surface area contributed by atoms with Gasteiger partial charge in [-0.1, -0.05) is 30.0 Å². The first-order valence-electron chi connectivity index (χ1n) is 12.8. The molecule has 1 aliphatic carbocycles. The quantitative estimate of drug-likeness (QED) is 0.466. The second kappa shape index (κ2) is 9.72. The number of rotatable bonds is 4. The van der Waals surface area contributed by atoms with E-state index >= 15 is 8.78 Å². The lowest BCUT2D eigenvalue weighted by atomic mass is 9.88. The van der Waals surface area contributed by atoms with Crippen molar-refractivity contribution < 1.29 is 27.9 Å². The molecule has 0 N–H and O–H groups in total. The van der Waals surface area contributed by atoms with E-state index in [-0.39, 0.29) is 30.6 Å². The molecular formula is C29H23F2N5O4. The van der Waals surface area contributed by atoms with Crippen LogP contribution in [0.15, 0.2) is 54.9 Å². The molecule has 2 saturated heterocycles. The number of imide groups is 1. The minimum Gasteiger partial charge on any atom is -0.473 e. The number of piperazine rings is 1. The van der Waals surface area contributed by atoms with Crippen LogP contribution in [-0.4, -0.2) is 57.4 Å². The first-order valence-corrected chi connectivity index (χ1v) is 12.8. The molecule has 202 valence electrons. The molecule has 1 aromatic heterocycles. The van der Waals surface area contributed by atoms with Crippen LogP contribution in [-0.2, 0) is 9.59 Å². The molecule has 0 spiro atoms. The number of carbonyl (C=O) groups is 3. The van der Waals surface area contributed by atoms with Gasteiger partial charge < -0.3 is 9.64 Å². The molecule has 2 aromatic carbocycles. The molecule has 4 amide bonds. The smallest absolute Gasteiger partial charge is 0.332 e. The summed E-state index contributed by atoms with van der Waals surface area (Å²) in [7, 11) is 0. The summed E-state index contributed by atoms with van der Waals surface area (Å²) in [5.74, 6) is 2.43. The highest BCUT2D eigenvalue weighted by Crippen LogP contribution is 2.38. The van der Waals surface area contributed by atoms with Crippen LogP contribution in [0, 0.1) is 23.5 Å². The second-order valence-corrected chi connectivity index (χ2v) is 10.0. The normalized spacial score (nSPS) is 20.7. The van der Waals surface area contributed by atoms with E-state index in [0.29, 0.717) is 16.3 Å². The van der Waals surface area contributed by atoms with Crippen molar-refractivity contribution in [3.63, 3.8) is 0 Å². The van der Waals surface area contributed by atoms with Gasteiger partial charge in [0, 0.05) is 24.2 Å².